The Morgan fingerprint density at radius 2 is 2.00 bits per heavy atom. The molecule has 1 heterocycles. The fourth-order valence-corrected chi connectivity index (χ4v) is 2.45. The number of aliphatic hydroxyl groups is 1. The minimum absolute atomic E-state index is 0.241. The van der Waals surface area contributed by atoms with E-state index >= 15 is 0 Å². The van der Waals surface area contributed by atoms with Crippen LogP contribution in [0, 0.1) is 6.92 Å². The van der Waals surface area contributed by atoms with Crippen LogP contribution >= 0.6 is 15.9 Å². The third kappa shape index (κ3) is 3.14. The lowest BCUT2D eigenvalue weighted by molar-refractivity contribution is 0.173. The molecular formula is C16H16BrNO3. The summed E-state index contributed by atoms with van der Waals surface area (Å²) in [7, 11) is 0. The summed E-state index contributed by atoms with van der Waals surface area (Å²) in [6, 6.07) is 11.5. The molecule has 110 valence electrons. The molecule has 0 radical (unpaired) electrons. The highest BCUT2D eigenvalue weighted by molar-refractivity contribution is 9.10. The number of hydrogen-bond acceptors (Lipinski definition) is 4. The van der Waals surface area contributed by atoms with E-state index in [1.807, 2.05) is 43.3 Å². The van der Waals surface area contributed by atoms with E-state index in [4.69, 9.17) is 9.47 Å². The molecule has 2 aromatic carbocycles. The number of hydrogen-bond donors (Lipinski definition) is 2. The van der Waals surface area contributed by atoms with Crippen molar-refractivity contribution in [1.29, 1.82) is 0 Å². The highest BCUT2D eigenvalue weighted by Gasteiger charge is 2.16. The van der Waals surface area contributed by atoms with Crippen LogP contribution in [0.3, 0.4) is 0 Å². The van der Waals surface area contributed by atoms with Crippen LogP contribution in [-0.4, -0.2) is 18.4 Å². The molecule has 5 heteroatoms. The third-order valence-electron chi connectivity index (χ3n) is 3.44. The van der Waals surface area contributed by atoms with Gasteiger partial charge in [-0.2, -0.15) is 0 Å². The molecule has 21 heavy (non-hydrogen) atoms. The molecule has 2 aromatic rings. The fraction of sp³-hybridized carbons (Fsp3) is 0.250. The molecule has 0 fully saturated rings. The lowest BCUT2D eigenvalue weighted by atomic mass is 10.1. The van der Waals surface area contributed by atoms with Crippen LogP contribution in [0.15, 0.2) is 40.9 Å². The normalized spacial score (nSPS) is 14.0. The van der Waals surface area contributed by atoms with Gasteiger partial charge in [0, 0.05) is 16.7 Å². The number of benzene rings is 2. The van der Waals surface area contributed by atoms with Crippen LogP contribution in [0.5, 0.6) is 11.5 Å². The summed E-state index contributed by atoms with van der Waals surface area (Å²) in [6.45, 7) is 2.70. The maximum atomic E-state index is 10.3. The summed E-state index contributed by atoms with van der Waals surface area (Å²) in [6.07, 6.45) is -0.608. The molecule has 0 spiro atoms. The standard InChI is InChI=1S/C16H16BrNO3/c1-10-6-12(3-4-13(10)17)18-8-14(19)11-2-5-15-16(7-11)21-9-20-15/h2-7,14,18-19H,8-9H2,1H3. The minimum atomic E-state index is -0.608. The van der Waals surface area contributed by atoms with Crippen LogP contribution in [0.2, 0.25) is 0 Å². The molecule has 1 unspecified atom stereocenters. The van der Waals surface area contributed by atoms with Gasteiger partial charge >= 0.3 is 0 Å². The number of halogens is 1. The number of nitrogens with one attached hydrogen (secondary N) is 1. The number of aryl methyl sites for hydroxylation is 1. The van der Waals surface area contributed by atoms with Gasteiger partial charge in [0.2, 0.25) is 6.79 Å². The molecule has 0 bridgehead atoms. The van der Waals surface area contributed by atoms with Crippen molar-refractivity contribution in [2.75, 3.05) is 18.7 Å². The zero-order chi connectivity index (χ0) is 14.8. The predicted molar refractivity (Wildman–Crippen MR) is 84.9 cm³/mol. The SMILES string of the molecule is Cc1cc(NCC(O)c2ccc3c(c2)OCO3)ccc1Br. The molecule has 1 aliphatic rings. The molecule has 1 atom stereocenters. The Bertz CT molecular complexity index is 660. The van der Waals surface area contributed by atoms with Gasteiger partial charge < -0.3 is 19.9 Å². The average molecular weight is 350 g/mol. The van der Waals surface area contributed by atoms with Crippen molar-refractivity contribution < 1.29 is 14.6 Å². The number of aliphatic hydroxyl groups excluding tert-OH is 1. The smallest absolute Gasteiger partial charge is 0.231 e. The molecule has 0 saturated heterocycles. The zero-order valence-electron chi connectivity index (χ0n) is 11.6. The van der Waals surface area contributed by atoms with Crippen molar-refractivity contribution in [1.82, 2.24) is 0 Å². The summed E-state index contributed by atoms with van der Waals surface area (Å²) >= 11 is 3.47. The van der Waals surface area contributed by atoms with Crippen molar-refractivity contribution in [2.45, 2.75) is 13.0 Å². The average Bonchev–Trinajstić information content (AvgIpc) is 2.95. The quantitative estimate of drug-likeness (QED) is 0.884. The zero-order valence-corrected chi connectivity index (χ0v) is 13.2. The summed E-state index contributed by atoms with van der Waals surface area (Å²) in [5, 5.41) is 13.5. The van der Waals surface area contributed by atoms with Crippen molar-refractivity contribution in [3.05, 3.63) is 52.0 Å². The van der Waals surface area contributed by atoms with E-state index in [0.29, 0.717) is 12.3 Å². The summed E-state index contributed by atoms with van der Waals surface area (Å²) in [5.41, 5.74) is 2.94. The Labute approximate surface area is 131 Å². The Kier molecular flexibility index (Phi) is 4.03. The lowest BCUT2D eigenvalue weighted by Crippen LogP contribution is -2.12. The molecule has 1 aliphatic heterocycles. The van der Waals surface area contributed by atoms with E-state index in [1.165, 1.54) is 0 Å². The molecule has 3 rings (SSSR count). The van der Waals surface area contributed by atoms with Gasteiger partial charge in [-0.1, -0.05) is 22.0 Å². The second kappa shape index (κ2) is 5.95. The van der Waals surface area contributed by atoms with Gasteiger partial charge in [0.05, 0.1) is 6.10 Å². The van der Waals surface area contributed by atoms with E-state index in [9.17, 15) is 5.11 Å². The van der Waals surface area contributed by atoms with E-state index in [1.54, 1.807) is 0 Å². The van der Waals surface area contributed by atoms with Crippen molar-refractivity contribution in [3.63, 3.8) is 0 Å². The van der Waals surface area contributed by atoms with Crippen molar-refractivity contribution in [2.24, 2.45) is 0 Å². The summed E-state index contributed by atoms with van der Waals surface area (Å²) < 4.78 is 11.7. The summed E-state index contributed by atoms with van der Waals surface area (Å²) in [4.78, 5) is 0. The Morgan fingerprint density at radius 3 is 2.81 bits per heavy atom. The number of anilines is 1. The van der Waals surface area contributed by atoms with Gasteiger partial charge in [-0.3, -0.25) is 0 Å². The van der Waals surface area contributed by atoms with Gasteiger partial charge in [0.25, 0.3) is 0 Å². The van der Waals surface area contributed by atoms with Crippen LogP contribution in [0.4, 0.5) is 5.69 Å². The maximum absolute atomic E-state index is 10.3. The lowest BCUT2D eigenvalue weighted by Gasteiger charge is -2.14. The maximum Gasteiger partial charge on any atom is 0.231 e. The summed E-state index contributed by atoms with van der Waals surface area (Å²) in [5.74, 6) is 1.41. The van der Waals surface area contributed by atoms with Gasteiger partial charge in [-0.25, -0.2) is 0 Å². The first kappa shape index (κ1) is 14.2. The highest BCUT2D eigenvalue weighted by Crippen LogP contribution is 2.34. The molecule has 0 amide bonds. The topological polar surface area (TPSA) is 50.7 Å². The third-order valence-corrected chi connectivity index (χ3v) is 4.33. The largest absolute Gasteiger partial charge is 0.454 e. The highest BCUT2D eigenvalue weighted by atomic mass is 79.9. The molecule has 0 aliphatic carbocycles. The molecule has 4 nitrogen and oxygen atoms in total. The fourth-order valence-electron chi connectivity index (χ4n) is 2.21. The second-order valence-electron chi connectivity index (χ2n) is 4.97. The van der Waals surface area contributed by atoms with Crippen molar-refractivity contribution in [3.8, 4) is 11.5 Å². The first-order chi connectivity index (χ1) is 10.1. The second-order valence-corrected chi connectivity index (χ2v) is 5.83. The number of rotatable bonds is 4. The van der Waals surface area contributed by atoms with E-state index in [-0.39, 0.29) is 6.79 Å². The van der Waals surface area contributed by atoms with E-state index in [2.05, 4.69) is 21.2 Å². The van der Waals surface area contributed by atoms with Gasteiger partial charge in [-0.15, -0.1) is 0 Å². The molecular weight excluding hydrogens is 334 g/mol. The first-order valence-electron chi connectivity index (χ1n) is 6.71. The van der Waals surface area contributed by atoms with Gasteiger partial charge in [-0.05, 0) is 48.4 Å². The van der Waals surface area contributed by atoms with Crippen molar-refractivity contribution >= 4 is 21.6 Å². The Hall–Kier alpha value is -1.72. The van der Waals surface area contributed by atoms with Crippen LogP contribution in [0.25, 0.3) is 0 Å². The van der Waals surface area contributed by atoms with Gasteiger partial charge in [0.1, 0.15) is 0 Å². The monoisotopic (exact) mass is 349 g/mol. The van der Waals surface area contributed by atoms with Crippen LogP contribution < -0.4 is 14.8 Å². The predicted octanol–water partition coefficient (Wildman–Crippen LogP) is 3.63. The molecule has 0 saturated carbocycles. The Morgan fingerprint density at radius 1 is 1.19 bits per heavy atom. The van der Waals surface area contributed by atoms with Crippen LogP contribution in [-0.2, 0) is 0 Å². The molecule has 2 N–H and O–H groups in total. The first-order valence-corrected chi connectivity index (χ1v) is 7.50. The number of fused-ring (bicyclic) bond motifs is 1. The van der Waals surface area contributed by atoms with Gasteiger partial charge in [0.15, 0.2) is 11.5 Å². The Balaban J connectivity index is 1.66. The molecule has 0 aromatic heterocycles. The number of ether oxygens (including phenoxy) is 2. The van der Waals surface area contributed by atoms with Crippen LogP contribution in [0.1, 0.15) is 17.2 Å². The minimum Gasteiger partial charge on any atom is -0.454 e. The van der Waals surface area contributed by atoms with E-state index in [0.717, 1.165) is 27.0 Å². The van der Waals surface area contributed by atoms with E-state index < -0.39 is 6.10 Å².